The fraction of sp³-hybridized carbons (Fsp3) is 0.316. The number of amides is 1. The molecule has 4 nitrogen and oxygen atoms in total. The smallest absolute Gasteiger partial charge is 0.416 e. The molecule has 1 atom stereocenters. The van der Waals surface area contributed by atoms with Gasteiger partial charge < -0.3 is 15.0 Å². The second-order valence-corrected chi connectivity index (χ2v) is 6.01. The molecule has 7 heteroatoms. The van der Waals surface area contributed by atoms with Crippen molar-refractivity contribution in [2.24, 2.45) is 0 Å². The lowest BCUT2D eigenvalue weighted by molar-refractivity contribution is -0.137. The summed E-state index contributed by atoms with van der Waals surface area (Å²) < 4.78 is 43.2. The van der Waals surface area contributed by atoms with Crippen molar-refractivity contribution < 1.29 is 22.7 Å². The van der Waals surface area contributed by atoms with Crippen LogP contribution in [0.4, 0.5) is 13.2 Å². The van der Waals surface area contributed by atoms with Gasteiger partial charge in [-0.15, -0.1) is 0 Å². The third-order valence-corrected chi connectivity index (χ3v) is 4.05. The van der Waals surface area contributed by atoms with Crippen LogP contribution in [0.5, 0.6) is 5.75 Å². The monoisotopic (exact) mass is 366 g/mol. The van der Waals surface area contributed by atoms with Gasteiger partial charge in [0.1, 0.15) is 5.75 Å². The molecule has 2 rings (SSSR count). The highest BCUT2D eigenvalue weighted by Crippen LogP contribution is 2.29. The molecular weight excluding hydrogens is 345 g/mol. The van der Waals surface area contributed by atoms with E-state index in [1.807, 2.05) is 43.3 Å². The molecule has 0 bridgehead atoms. The lowest BCUT2D eigenvalue weighted by Crippen LogP contribution is -2.34. The topological polar surface area (TPSA) is 41.6 Å². The van der Waals surface area contributed by atoms with Crippen LogP contribution in [-0.2, 0) is 6.18 Å². The number of alkyl halides is 3. The van der Waals surface area contributed by atoms with E-state index in [1.165, 1.54) is 12.1 Å². The van der Waals surface area contributed by atoms with E-state index >= 15 is 0 Å². The van der Waals surface area contributed by atoms with Gasteiger partial charge in [-0.05, 0) is 44.4 Å². The molecule has 0 saturated carbocycles. The zero-order valence-corrected chi connectivity index (χ0v) is 14.8. The summed E-state index contributed by atoms with van der Waals surface area (Å²) in [6, 6.07) is 11.5. The molecule has 0 heterocycles. The minimum absolute atomic E-state index is 0.149. The third-order valence-electron chi connectivity index (χ3n) is 4.05. The third kappa shape index (κ3) is 4.76. The highest BCUT2D eigenvalue weighted by molar-refractivity contribution is 5.94. The van der Waals surface area contributed by atoms with Crippen LogP contribution in [0.1, 0.15) is 27.5 Å². The fourth-order valence-electron chi connectivity index (χ4n) is 2.61. The Morgan fingerprint density at radius 3 is 2.27 bits per heavy atom. The number of carbonyl (C=O) groups excluding carboxylic acids is 1. The number of nitrogens with zero attached hydrogens (tertiary/aromatic N) is 1. The Bertz CT molecular complexity index is 743. The number of hydrogen-bond donors (Lipinski definition) is 1. The Hall–Kier alpha value is -2.54. The van der Waals surface area contributed by atoms with Crippen LogP contribution < -0.4 is 10.1 Å². The highest BCUT2D eigenvalue weighted by Gasteiger charge is 2.30. The normalized spacial score (nSPS) is 12.7. The summed E-state index contributed by atoms with van der Waals surface area (Å²) >= 11 is 0. The van der Waals surface area contributed by atoms with Gasteiger partial charge in [-0.3, -0.25) is 4.79 Å². The molecule has 1 unspecified atom stereocenters. The van der Waals surface area contributed by atoms with Crippen LogP contribution in [0.15, 0.2) is 48.5 Å². The molecule has 0 aromatic heterocycles. The van der Waals surface area contributed by atoms with Gasteiger partial charge >= 0.3 is 6.18 Å². The lowest BCUT2D eigenvalue weighted by atomic mass is 10.0. The Balaban J connectivity index is 2.10. The Kier molecular flexibility index (Phi) is 6.26. The van der Waals surface area contributed by atoms with Crippen LogP contribution >= 0.6 is 0 Å². The first-order valence-corrected chi connectivity index (χ1v) is 7.99. The van der Waals surface area contributed by atoms with Crippen LogP contribution in [0, 0.1) is 0 Å². The quantitative estimate of drug-likeness (QED) is 0.847. The molecule has 26 heavy (non-hydrogen) atoms. The van der Waals surface area contributed by atoms with Crippen LogP contribution in [-0.4, -0.2) is 38.6 Å². The molecule has 140 valence electrons. The van der Waals surface area contributed by atoms with Gasteiger partial charge in [0.2, 0.25) is 0 Å². The largest absolute Gasteiger partial charge is 0.496 e. The lowest BCUT2D eigenvalue weighted by Gasteiger charge is -2.26. The number of rotatable bonds is 6. The second kappa shape index (κ2) is 8.23. The average molecular weight is 366 g/mol. The molecule has 2 aromatic carbocycles. The molecule has 0 radical (unpaired) electrons. The van der Waals surface area contributed by atoms with Crippen molar-refractivity contribution in [3.05, 3.63) is 65.2 Å². The van der Waals surface area contributed by atoms with Gasteiger partial charge in [-0.25, -0.2) is 0 Å². The highest BCUT2D eigenvalue weighted by atomic mass is 19.4. The summed E-state index contributed by atoms with van der Waals surface area (Å²) in [4.78, 5) is 14.2. The summed E-state index contributed by atoms with van der Waals surface area (Å²) in [5.74, 6) is 0.274. The minimum atomic E-state index is -4.42. The van der Waals surface area contributed by atoms with Gasteiger partial charge in [-0.2, -0.15) is 13.2 Å². The first-order chi connectivity index (χ1) is 12.2. The zero-order valence-electron chi connectivity index (χ0n) is 14.8. The maximum absolute atomic E-state index is 12.6. The number of hydrogen-bond acceptors (Lipinski definition) is 3. The van der Waals surface area contributed by atoms with E-state index in [9.17, 15) is 18.0 Å². The number of likely N-dealkylation sites (N-methyl/N-ethyl adjacent to an activating group) is 1. The van der Waals surface area contributed by atoms with Crippen LogP contribution in [0.3, 0.4) is 0 Å². The molecule has 0 fully saturated rings. The predicted molar refractivity (Wildman–Crippen MR) is 93.2 cm³/mol. The maximum atomic E-state index is 12.6. The van der Waals surface area contributed by atoms with Crippen molar-refractivity contribution >= 4 is 5.91 Å². The van der Waals surface area contributed by atoms with E-state index in [1.54, 1.807) is 7.11 Å². The summed E-state index contributed by atoms with van der Waals surface area (Å²) in [6.07, 6.45) is -4.42. The van der Waals surface area contributed by atoms with Gasteiger partial charge in [0, 0.05) is 17.7 Å². The van der Waals surface area contributed by atoms with Gasteiger partial charge in [0.05, 0.1) is 18.7 Å². The minimum Gasteiger partial charge on any atom is -0.496 e. The number of methoxy groups -OCH3 is 1. The SMILES string of the molecule is COc1ccccc1C(CNC(=O)c1ccc(C(F)(F)F)cc1)N(C)C. The summed E-state index contributed by atoms with van der Waals surface area (Å²) in [5, 5.41) is 2.77. The standard InChI is InChI=1S/C19H21F3N2O2/c1-24(2)16(15-6-4-5-7-17(15)26-3)12-23-18(25)13-8-10-14(11-9-13)19(20,21)22/h4-11,16H,12H2,1-3H3,(H,23,25). The molecule has 0 saturated heterocycles. The number of nitrogens with one attached hydrogen (secondary N) is 1. The molecule has 2 aromatic rings. The van der Waals surface area contributed by atoms with Crippen molar-refractivity contribution in [2.75, 3.05) is 27.7 Å². The first-order valence-electron chi connectivity index (χ1n) is 7.99. The van der Waals surface area contributed by atoms with Crippen LogP contribution in [0.2, 0.25) is 0 Å². The fourth-order valence-corrected chi connectivity index (χ4v) is 2.61. The van der Waals surface area contributed by atoms with Crippen molar-refractivity contribution in [3.8, 4) is 5.75 Å². The van der Waals surface area contributed by atoms with E-state index in [2.05, 4.69) is 5.32 Å². The molecule has 0 aliphatic rings. The summed E-state index contributed by atoms with van der Waals surface area (Å²) in [5.41, 5.74) is 0.303. The molecule has 1 amide bonds. The number of carbonyl (C=O) groups is 1. The van der Waals surface area contributed by atoms with E-state index < -0.39 is 17.6 Å². The number of benzene rings is 2. The van der Waals surface area contributed by atoms with Gasteiger partial charge in [0.15, 0.2) is 0 Å². The predicted octanol–water partition coefficient (Wildman–Crippen LogP) is 3.75. The molecule has 1 N–H and O–H groups in total. The zero-order chi connectivity index (χ0) is 19.3. The Morgan fingerprint density at radius 1 is 1.12 bits per heavy atom. The van der Waals surface area contributed by atoms with Gasteiger partial charge in [-0.1, -0.05) is 18.2 Å². The summed E-state index contributed by atoms with van der Waals surface area (Å²) in [7, 11) is 5.33. The van der Waals surface area contributed by atoms with Gasteiger partial charge in [0.25, 0.3) is 5.91 Å². The number of ether oxygens (including phenoxy) is 1. The van der Waals surface area contributed by atoms with Crippen molar-refractivity contribution in [1.82, 2.24) is 10.2 Å². The van der Waals surface area contributed by atoms with E-state index in [0.29, 0.717) is 5.75 Å². The first kappa shape index (κ1) is 19.8. The Labute approximate surface area is 150 Å². The Morgan fingerprint density at radius 2 is 1.73 bits per heavy atom. The van der Waals surface area contributed by atoms with Crippen molar-refractivity contribution in [1.29, 1.82) is 0 Å². The molecule has 0 aliphatic heterocycles. The second-order valence-electron chi connectivity index (χ2n) is 6.01. The maximum Gasteiger partial charge on any atom is 0.416 e. The molecule has 0 spiro atoms. The average Bonchev–Trinajstić information content (AvgIpc) is 2.61. The molecule has 0 aliphatic carbocycles. The van der Waals surface area contributed by atoms with Crippen molar-refractivity contribution in [3.63, 3.8) is 0 Å². The summed E-state index contributed by atoms with van der Waals surface area (Å²) in [6.45, 7) is 0.285. The molecular formula is C19H21F3N2O2. The van der Waals surface area contributed by atoms with Crippen molar-refractivity contribution in [2.45, 2.75) is 12.2 Å². The van der Waals surface area contributed by atoms with Crippen LogP contribution in [0.25, 0.3) is 0 Å². The number of para-hydroxylation sites is 1. The van der Waals surface area contributed by atoms with E-state index in [4.69, 9.17) is 4.74 Å². The van der Waals surface area contributed by atoms with E-state index in [-0.39, 0.29) is 18.2 Å². The van der Waals surface area contributed by atoms with E-state index in [0.717, 1.165) is 17.7 Å². The number of halogens is 3.